The molecule has 0 fully saturated rings. The number of nitrogens with zero attached hydrogens (tertiary/aromatic N) is 1. The van der Waals surface area contributed by atoms with Crippen LogP contribution in [0.3, 0.4) is 0 Å². The molecule has 0 spiro atoms. The third kappa shape index (κ3) is 3.61. The van der Waals surface area contributed by atoms with Crippen LogP contribution >= 0.6 is 0 Å². The molecular weight excluding hydrogens is 328 g/mol. The summed E-state index contributed by atoms with van der Waals surface area (Å²) in [6.07, 6.45) is 0. The van der Waals surface area contributed by atoms with Crippen molar-refractivity contribution in [3.8, 4) is 5.75 Å². The second-order valence-corrected chi connectivity index (χ2v) is 6.29. The molecule has 0 unspecified atom stereocenters. The van der Waals surface area contributed by atoms with E-state index in [0.717, 1.165) is 33.8 Å². The minimum Gasteiger partial charge on any atom is -0.488 e. The van der Waals surface area contributed by atoms with Crippen molar-refractivity contribution in [3.05, 3.63) is 76.2 Å². The van der Waals surface area contributed by atoms with E-state index in [4.69, 9.17) is 9.26 Å². The van der Waals surface area contributed by atoms with Crippen LogP contribution in [0.1, 0.15) is 38.5 Å². The largest absolute Gasteiger partial charge is 0.488 e. The van der Waals surface area contributed by atoms with Crippen LogP contribution in [0.4, 0.5) is 5.69 Å². The predicted molar refractivity (Wildman–Crippen MR) is 101 cm³/mol. The van der Waals surface area contributed by atoms with Crippen LogP contribution in [0.5, 0.6) is 5.75 Å². The van der Waals surface area contributed by atoms with Crippen molar-refractivity contribution in [3.63, 3.8) is 0 Å². The van der Waals surface area contributed by atoms with Gasteiger partial charge in [0.05, 0.1) is 16.8 Å². The molecule has 134 valence electrons. The quantitative estimate of drug-likeness (QED) is 0.722. The predicted octanol–water partition coefficient (Wildman–Crippen LogP) is 4.74. The maximum Gasteiger partial charge on any atom is 0.259 e. The zero-order chi connectivity index (χ0) is 18.7. The number of hydrogen-bond donors (Lipinski definition) is 1. The second-order valence-electron chi connectivity index (χ2n) is 6.29. The van der Waals surface area contributed by atoms with Gasteiger partial charge in [-0.2, -0.15) is 0 Å². The smallest absolute Gasteiger partial charge is 0.259 e. The summed E-state index contributed by atoms with van der Waals surface area (Å²) in [6, 6.07) is 13.1. The van der Waals surface area contributed by atoms with E-state index < -0.39 is 0 Å². The maximum absolute atomic E-state index is 12.8. The zero-order valence-corrected chi connectivity index (χ0v) is 15.4. The minimum atomic E-state index is -0.201. The van der Waals surface area contributed by atoms with Gasteiger partial charge in [0.25, 0.3) is 5.91 Å². The molecule has 0 aliphatic carbocycles. The molecule has 5 nitrogen and oxygen atoms in total. The molecule has 2 aromatic carbocycles. The first-order chi connectivity index (χ1) is 12.5. The lowest BCUT2D eigenvalue weighted by Crippen LogP contribution is -2.14. The molecule has 3 aromatic rings. The van der Waals surface area contributed by atoms with Crippen molar-refractivity contribution in [1.29, 1.82) is 0 Å². The molecule has 0 aliphatic heterocycles. The number of carbonyl (C=O) groups is 1. The first kappa shape index (κ1) is 17.7. The van der Waals surface area contributed by atoms with Crippen molar-refractivity contribution in [2.75, 3.05) is 5.32 Å². The number of anilines is 1. The third-order valence-electron chi connectivity index (χ3n) is 4.54. The lowest BCUT2D eigenvalue weighted by molar-refractivity contribution is 0.102. The summed E-state index contributed by atoms with van der Waals surface area (Å²) in [6.45, 7) is 8.03. The fourth-order valence-corrected chi connectivity index (χ4v) is 2.71. The SMILES string of the molecule is Cc1cccc(NC(=O)c2ccccc2OCc2c(C)noc2C)c1C. The summed E-state index contributed by atoms with van der Waals surface area (Å²) < 4.78 is 11.1. The van der Waals surface area contributed by atoms with E-state index in [1.54, 1.807) is 12.1 Å². The number of ether oxygens (including phenoxy) is 1. The Bertz CT molecular complexity index is 925. The molecule has 0 aliphatic rings. The van der Waals surface area contributed by atoms with Crippen molar-refractivity contribution in [2.24, 2.45) is 0 Å². The van der Waals surface area contributed by atoms with Crippen LogP contribution in [-0.2, 0) is 6.61 Å². The number of para-hydroxylation sites is 1. The number of aromatic nitrogens is 1. The van der Waals surface area contributed by atoms with Gasteiger partial charge in [0, 0.05) is 5.69 Å². The van der Waals surface area contributed by atoms with Crippen LogP contribution in [0, 0.1) is 27.7 Å². The Labute approximate surface area is 153 Å². The molecule has 0 saturated carbocycles. The molecule has 1 aromatic heterocycles. The molecule has 0 radical (unpaired) electrons. The van der Waals surface area contributed by atoms with Crippen LogP contribution in [0.2, 0.25) is 0 Å². The minimum absolute atomic E-state index is 0.201. The van der Waals surface area contributed by atoms with Gasteiger partial charge in [0.15, 0.2) is 0 Å². The molecule has 1 amide bonds. The number of hydrogen-bond acceptors (Lipinski definition) is 4. The monoisotopic (exact) mass is 350 g/mol. The molecular formula is C21H22N2O3. The zero-order valence-electron chi connectivity index (χ0n) is 15.4. The normalized spacial score (nSPS) is 10.6. The van der Waals surface area contributed by atoms with Crippen molar-refractivity contribution < 1.29 is 14.1 Å². The molecule has 3 rings (SSSR count). The first-order valence-electron chi connectivity index (χ1n) is 8.48. The van der Waals surface area contributed by atoms with Crippen molar-refractivity contribution in [2.45, 2.75) is 34.3 Å². The van der Waals surface area contributed by atoms with Gasteiger partial charge in [-0.25, -0.2) is 0 Å². The third-order valence-corrected chi connectivity index (χ3v) is 4.54. The van der Waals surface area contributed by atoms with E-state index in [2.05, 4.69) is 10.5 Å². The fraction of sp³-hybridized carbons (Fsp3) is 0.238. The lowest BCUT2D eigenvalue weighted by Gasteiger charge is -2.13. The number of carbonyl (C=O) groups excluding carboxylic acids is 1. The topological polar surface area (TPSA) is 64.4 Å². The average Bonchev–Trinajstić information content (AvgIpc) is 2.95. The Balaban J connectivity index is 1.80. The molecule has 0 saturated heterocycles. The molecule has 1 N–H and O–H groups in total. The Kier molecular flexibility index (Phi) is 5.07. The van der Waals surface area contributed by atoms with Gasteiger partial charge < -0.3 is 14.6 Å². The Hall–Kier alpha value is -3.08. The van der Waals surface area contributed by atoms with E-state index in [-0.39, 0.29) is 5.91 Å². The van der Waals surface area contributed by atoms with Gasteiger partial charge in [-0.3, -0.25) is 4.79 Å². The van der Waals surface area contributed by atoms with E-state index in [9.17, 15) is 4.79 Å². The van der Waals surface area contributed by atoms with Gasteiger partial charge in [0.1, 0.15) is 18.1 Å². The standard InChI is InChI=1S/C21H22N2O3/c1-13-8-7-10-19(14(13)2)22-21(24)17-9-5-6-11-20(17)25-12-18-15(3)23-26-16(18)4/h5-11H,12H2,1-4H3,(H,22,24). The van der Waals surface area contributed by atoms with Crippen LogP contribution in [-0.4, -0.2) is 11.1 Å². The van der Waals surface area contributed by atoms with Gasteiger partial charge in [-0.15, -0.1) is 0 Å². The Morgan fingerprint density at radius 2 is 1.85 bits per heavy atom. The van der Waals surface area contributed by atoms with Crippen molar-refractivity contribution >= 4 is 11.6 Å². The van der Waals surface area contributed by atoms with E-state index in [1.165, 1.54) is 0 Å². The number of amides is 1. The van der Waals surface area contributed by atoms with Gasteiger partial charge in [-0.05, 0) is 57.0 Å². The highest BCUT2D eigenvalue weighted by molar-refractivity contribution is 6.06. The second kappa shape index (κ2) is 7.44. The fourth-order valence-electron chi connectivity index (χ4n) is 2.71. The number of nitrogens with one attached hydrogen (secondary N) is 1. The average molecular weight is 350 g/mol. The molecule has 0 bridgehead atoms. The van der Waals surface area contributed by atoms with E-state index >= 15 is 0 Å². The molecule has 1 heterocycles. The Morgan fingerprint density at radius 3 is 2.58 bits per heavy atom. The highest BCUT2D eigenvalue weighted by Crippen LogP contribution is 2.24. The molecule has 0 atom stereocenters. The highest BCUT2D eigenvalue weighted by atomic mass is 16.5. The summed E-state index contributed by atoms with van der Waals surface area (Å²) in [5.41, 5.74) is 5.16. The maximum atomic E-state index is 12.8. The van der Waals surface area contributed by atoms with Gasteiger partial charge in [0.2, 0.25) is 0 Å². The van der Waals surface area contributed by atoms with E-state index in [0.29, 0.717) is 17.9 Å². The summed E-state index contributed by atoms with van der Waals surface area (Å²) >= 11 is 0. The first-order valence-corrected chi connectivity index (χ1v) is 8.48. The summed E-state index contributed by atoms with van der Waals surface area (Å²) in [5, 5.41) is 6.90. The number of rotatable bonds is 5. The summed E-state index contributed by atoms with van der Waals surface area (Å²) in [7, 11) is 0. The Morgan fingerprint density at radius 1 is 1.08 bits per heavy atom. The van der Waals surface area contributed by atoms with Crippen LogP contribution in [0.25, 0.3) is 0 Å². The number of aryl methyl sites for hydroxylation is 3. The lowest BCUT2D eigenvalue weighted by atomic mass is 10.1. The molecule has 5 heteroatoms. The van der Waals surface area contributed by atoms with Crippen LogP contribution in [0.15, 0.2) is 47.0 Å². The van der Waals surface area contributed by atoms with Crippen molar-refractivity contribution in [1.82, 2.24) is 5.16 Å². The highest BCUT2D eigenvalue weighted by Gasteiger charge is 2.15. The summed E-state index contributed by atoms with van der Waals surface area (Å²) in [4.78, 5) is 12.8. The van der Waals surface area contributed by atoms with Crippen LogP contribution < -0.4 is 10.1 Å². The summed E-state index contributed by atoms with van der Waals surface area (Å²) in [5.74, 6) is 1.04. The molecule has 26 heavy (non-hydrogen) atoms. The number of benzene rings is 2. The van der Waals surface area contributed by atoms with E-state index in [1.807, 2.05) is 58.0 Å². The van der Waals surface area contributed by atoms with Gasteiger partial charge in [-0.1, -0.05) is 29.4 Å². The van der Waals surface area contributed by atoms with Gasteiger partial charge >= 0.3 is 0 Å².